The number of fused-ring (bicyclic) bond motifs is 4. The van der Waals surface area contributed by atoms with E-state index in [0.29, 0.717) is 17.8 Å². The lowest BCUT2D eigenvalue weighted by Crippen LogP contribution is -2.42. The molecule has 1 amide bonds. The molecule has 2 aliphatic rings. The van der Waals surface area contributed by atoms with Gasteiger partial charge in [-0.15, -0.1) is 0 Å². The lowest BCUT2D eigenvalue weighted by molar-refractivity contribution is 0.0644. The van der Waals surface area contributed by atoms with Crippen molar-refractivity contribution < 1.29 is 9.18 Å². The van der Waals surface area contributed by atoms with Gasteiger partial charge in [-0.1, -0.05) is 0 Å². The lowest BCUT2D eigenvalue weighted by Gasteiger charge is -2.35. The molecule has 136 valence electrons. The minimum absolute atomic E-state index is 0.00808. The number of carbonyl (C=O) groups excluding carboxylic acids is 1. The van der Waals surface area contributed by atoms with Crippen LogP contribution in [0.2, 0.25) is 0 Å². The maximum atomic E-state index is 13.2. The van der Waals surface area contributed by atoms with E-state index in [2.05, 4.69) is 10.1 Å². The van der Waals surface area contributed by atoms with Crippen LogP contribution in [0.4, 0.5) is 4.39 Å². The molecular formula is C20H18FN5O. The van der Waals surface area contributed by atoms with E-state index in [1.165, 1.54) is 12.1 Å². The predicted octanol–water partition coefficient (Wildman–Crippen LogP) is 2.92. The van der Waals surface area contributed by atoms with Gasteiger partial charge in [0.05, 0.1) is 23.5 Å². The zero-order valence-corrected chi connectivity index (χ0v) is 14.8. The Morgan fingerprint density at radius 2 is 2.00 bits per heavy atom. The van der Waals surface area contributed by atoms with Crippen molar-refractivity contribution in [3.05, 3.63) is 65.5 Å². The van der Waals surface area contributed by atoms with Gasteiger partial charge in [-0.25, -0.2) is 14.4 Å². The van der Waals surface area contributed by atoms with Crippen molar-refractivity contribution >= 4 is 5.91 Å². The van der Waals surface area contributed by atoms with Crippen LogP contribution in [0.1, 0.15) is 40.5 Å². The molecule has 0 spiro atoms. The highest BCUT2D eigenvalue weighted by atomic mass is 19.1. The van der Waals surface area contributed by atoms with E-state index in [1.807, 2.05) is 18.1 Å². The van der Waals surface area contributed by atoms with E-state index in [1.54, 1.807) is 29.2 Å². The molecule has 2 aliphatic heterocycles. The Hall–Kier alpha value is -3.09. The molecule has 2 aromatic heterocycles. The lowest BCUT2D eigenvalue weighted by atomic mass is 9.98. The van der Waals surface area contributed by atoms with E-state index in [4.69, 9.17) is 4.98 Å². The molecular weight excluding hydrogens is 345 g/mol. The Bertz CT molecular complexity index is 1030. The molecule has 2 bridgehead atoms. The number of hydrogen-bond acceptors (Lipinski definition) is 4. The maximum absolute atomic E-state index is 13.2. The maximum Gasteiger partial charge on any atom is 0.257 e. The first kappa shape index (κ1) is 16.1. The third-order valence-corrected chi connectivity index (χ3v) is 5.48. The van der Waals surface area contributed by atoms with Crippen molar-refractivity contribution in [3.63, 3.8) is 0 Å². The van der Waals surface area contributed by atoms with Crippen LogP contribution in [0.3, 0.4) is 0 Å². The normalized spacial score (nSPS) is 20.6. The molecule has 0 aliphatic carbocycles. The number of halogens is 1. The molecule has 2 atom stereocenters. The molecule has 1 aromatic carbocycles. The topological polar surface area (TPSA) is 63.9 Å². The smallest absolute Gasteiger partial charge is 0.257 e. The summed E-state index contributed by atoms with van der Waals surface area (Å²) in [4.78, 5) is 24.2. The minimum Gasteiger partial charge on any atom is -0.328 e. The van der Waals surface area contributed by atoms with Crippen LogP contribution in [-0.2, 0) is 13.5 Å². The van der Waals surface area contributed by atoms with Gasteiger partial charge in [-0.2, -0.15) is 5.10 Å². The van der Waals surface area contributed by atoms with Crippen LogP contribution in [0.5, 0.6) is 0 Å². The summed E-state index contributed by atoms with van der Waals surface area (Å²) in [7, 11) is 1.81. The standard InChI is InChI=1S/C20H18FN5O/c1-25-11-13(9-23-25)20(27)26-15-6-7-18(26)16-10-22-19(24-17(16)8-15)12-2-4-14(21)5-3-12/h2-5,9-11,15,18H,6-8H2,1H3/t15-,18+/m0/s1. The van der Waals surface area contributed by atoms with Gasteiger partial charge in [0.2, 0.25) is 0 Å². The summed E-state index contributed by atoms with van der Waals surface area (Å²) in [5.74, 6) is 0.336. The van der Waals surface area contributed by atoms with Crippen LogP contribution in [-0.4, -0.2) is 36.6 Å². The second-order valence-corrected chi connectivity index (χ2v) is 7.17. The Morgan fingerprint density at radius 3 is 2.74 bits per heavy atom. The number of amides is 1. The van der Waals surface area contributed by atoms with E-state index in [-0.39, 0.29) is 23.8 Å². The average molecular weight is 363 g/mol. The number of aromatic nitrogens is 4. The molecule has 4 heterocycles. The Morgan fingerprint density at radius 1 is 1.19 bits per heavy atom. The summed E-state index contributed by atoms with van der Waals surface area (Å²) >= 11 is 0. The van der Waals surface area contributed by atoms with Crippen molar-refractivity contribution in [3.8, 4) is 11.4 Å². The van der Waals surface area contributed by atoms with Gasteiger partial charge >= 0.3 is 0 Å². The van der Waals surface area contributed by atoms with Crippen LogP contribution >= 0.6 is 0 Å². The third-order valence-electron chi connectivity index (χ3n) is 5.48. The third kappa shape index (κ3) is 2.61. The number of rotatable bonds is 2. The predicted molar refractivity (Wildman–Crippen MR) is 96.3 cm³/mol. The quantitative estimate of drug-likeness (QED) is 0.702. The zero-order chi connectivity index (χ0) is 18.5. The molecule has 0 N–H and O–H groups in total. The molecule has 7 heteroatoms. The van der Waals surface area contributed by atoms with Crippen molar-refractivity contribution in [2.24, 2.45) is 7.05 Å². The zero-order valence-electron chi connectivity index (χ0n) is 14.8. The second kappa shape index (κ2) is 5.97. The van der Waals surface area contributed by atoms with Crippen molar-refractivity contribution in [2.75, 3.05) is 0 Å². The van der Waals surface area contributed by atoms with Crippen molar-refractivity contribution in [2.45, 2.75) is 31.3 Å². The van der Waals surface area contributed by atoms with Gasteiger partial charge in [0.25, 0.3) is 5.91 Å². The fourth-order valence-electron chi connectivity index (χ4n) is 4.21. The summed E-state index contributed by atoms with van der Waals surface area (Å²) in [6.45, 7) is 0. The average Bonchev–Trinajstić information content (AvgIpc) is 3.24. The molecule has 0 unspecified atom stereocenters. The van der Waals surface area contributed by atoms with Crippen molar-refractivity contribution in [1.29, 1.82) is 0 Å². The Balaban J connectivity index is 1.49. The van der Waals surface area contributed by atoms with Gasteiger partial charge in [-0.3, -0.25) is 9.48 Å². The largest absolute Gasteiger partial charge is 0.328 e. The van der Waals surface area contributed by atoms with Gasteiger partial charge < -0.3 is 4.90 Å². The van der Waals surface area contributed by atoms with E-state index >= 15 is 0 Å². The molecule has 1 saturated heterocycles. The monoisotopic (exact) mass is 363 g/mol. The fourth-order valence-corrected chi connectivity index (χ4v) is 4.21. The first-order valence-corrected chi connectivity index (χ1v) is 9.03. The number of hydrogen-bond donors (Lipinski definition) is 0. The van der Waals surface area contributed by atoms with E-state index in [9.17, 15) is 9.18 Å². The first-order valence-electron chi connectivity index (χ1n) is 9.03. The second-order valence-electron chi connectivity index (χ2n) is 7.17. The molecule has 0 radical (unpaired) electrons. The molecule has 0 saturated carbocycles. The summed E-state index contributed by atoms with van der Waals surface area (Å²) in [5.41, 5.74) is 3.42. The van der Waals surface area contributed by atoms with E-state index < -0.39 is 0 Å². The summed E-state index contributed by atoms with van der Waals surface area (Å²) in [5, 5.41) is 4.12. The molecule has 5 rings (SSSR count). The van der Waals surface area contributed by atoms with E-state index in [0.717, 1.165) is 29.7 Å². The molecule has 3 aromatic rings. The summed E-state index contributed by atoms with van der Waals surface area (Å²) in [6.07, 6.45) is 7.80. The Kier molecular flexibility index (Phi) is 3.56. The highest BCUT2D eigenvalue weighted by molar-refractivity contribution is 5.94. The van der Waals surface area contributed by atoms with Crippen LogP contribution in [0, 0.1) is 5.82 Å². The van der Waals surface area contributed by atoms with Crippen LogP contribution in [0.25, 0.3) is 11.4 Å². The number of nitrogens with zero attached hydrogens (tertiary/aromatic N) is 5. The molecule has 6 nitrogen and oxygen atoms in total. The SMILES string of the molecule is Cn1cc(C(=O)N2[C@H]3CC[C@@H]2c2cnc(-c4ccc(F)cc4)nc2C3)cn1. The highest BCUT2D eigenvalue weighted by Gasteiger charge is 2.43. The Labute approximate surface area is 155 Å². The highest BCUT2D eigenvalue weighted by Crippen LogP contribution is 2.43. The number of carbonyl (C=O) groups is 1. The van der Waals surface area contributed by atoms with Gasteiger partial charge in [0, 0.05) is 43.0 Å². The van der Waals surface area contributed by atoms with Gasteiger partial charge in [-0.05, 0) is 37.1 Å². The van der Waals surface area contributed by atoms with Crippen LogP contribution in [0.15, 0.2) is 42.9 Å². The minimum atomic E-state index is -0.278. The van der Waals surface area contributed by atoms with Crippen LogP contribution < -0.4 is 0 Å². The molecule has 27 heavy (non-hydrogen) atoms. The van der Waals surface area contributed by atoms with Gasteiger partial charge in [0.15, 0.2) is 5.82 Å². The number of benzene rings is 1. The number of aryl methyl sites for hydroxylation is 1. The summed E-state index contributed by atoms with van der Waals surface area (Å²) in [6, 6.07) is 6.35. The van der Waals surface area contributed by atoms with Crippen molar-refractivity contribution in [1.82, 2.24) is 24.6 Å². The fraction of sp³-hybridized carbons (Fsp3) is 0.300. The first-order chi connectivity index (χ1) is 13.1. The summed E-state index contributed by atoms with van der Waals surface area (Å²) < 4.78 is 14.8. The molecule has 1 fully saturated rings. The van der Waals surface area contributed by atoms with Gasteiger partial charge in [0.1, 0.15) is 5.82 Å².